The van der Waals surface area contributed by atoms with Crippen molar-refractivity contribution >= 4 is 5.97 Å². The number of aliphatic carboxylic acids is 1. The Kier molecular flexibility index (Phi) is 2.02. The summed E-state index contributed by atoms with van der Waals surface area (Å²) in [4.78, 5) is 10.4. The maximum Gasteiger partial charge on any atom is 0.311 e. The van der Waals surface area contributed by atoms with Crippen LogP contribution >= 0.6 is 0 Å². The predicted octanol–water partition coefficient (Wildman–Crippen LogP) is -0.0526. The van der Waals surface area contributed by atoms with Crippen LogP contribution in [0.25, 0.3) is 0 Å². The summed E-state index contributed by atoms with van der Waals surface area (Å²) in [5.41, 5.74) is 1.82. The molecule has 0 saturated carbocycles. The van der Waals surface area contributed by atoms with E-state index in [1.165, 1.54) is 0 Å². The fourth-order valence-electron chi connectivity index (χ4n) is 1.47. The summed E-state index contributed by atoms with van der Waals surface area (Å²) in [6.45, 7) is 1.55. The molecular weight excluding hydrogens is 172 g/mol. The standard InChI is InChI=1S/C8H10N2O3/c11-8(12)3-7-5-4-9-2-1-6(5)10-13-7/h9H,1-4H2,(H,11,12). The zero-order valence-corrected chi connectivity index (χ0v) is 7.04. The highest BCUT2D eigenvalue weighted by Gasteiger charge is 2.20. The molecule has 0 bridgehead atoms. The second kappa shape index (κ2) is 3.18. The van der Waals surface area contributed by atoms with E-state index in [1.807, 2.05) is 0 Å². The van der Waals surface area contributed by atoms with Gasteiger partial charge >= 0.3 is 5.97 Å². The molecule has 0 aliphatic carbocycles. The Balaban J connectivity index is 2.26. The predicted molar refractivity (Wildman–Crippen MR) is 43.3 cm³/mol. The van der Waals surface area contributed by atoms with Crippen LogP contribution in [0.4, 0.5) is 0 Å². The molecule has 2 rings (SSSR count). The van der Waals surface area contributed by atoms with E-state index < -0.39 is 5.97 Å². The van der Waals surface area contributed by atoms with Crippen LogP contribution in [0.5, 0.6) is 0 Å². The van der Waals surface area contributed by atoms with Gasteiger partial charge in [0.05, 0.1) is 5.69 Å². The number of carboxylic acid groups (broad SMARTS) is 1. The first-order valence-corrected chi connectivity index (χ1v) is 4.16. The van der Waals surface area contributed by atoms with E-state index in [0.29, 0.717) is 12.3 Å². The molecule has 0 amide bonds. The number of fused-ring (bicyclic) bond motifs is 1. The average molecular weight is 182 g/mol. The number of hydrogen-bond acceptors (Lipinski definition) is 4. The molecule has 1 aromatic rings. The van der Waals surface area contributed by atoms with Gasteiger partial charge in [0.1, 0.15) is 6.42 Å². The molecule has 2 heterocycles. The smallest absolute Gasteiger partial charge is 0.311 e. The van der Waals surface area contributed by atoms with Gasteiger partial charge in [0, 0.05) is 25.1 Å². The molecule has 0 saturated heterocycles. The van der Waals surface area contributed by atoms with Gasteiger partial charge < -0.3 is 14.9 Å². The topological polar surface area (TPSA) is 75.4 Å². The fourth-order valence-corrected chi connectivity index (χ4v) is 1.47. The molecule has 0 fully saturated rings. The summed E-state index contributed by atoms with van der Waals surface area (Å²) in [5.74, 6) is -0.403. The minimum atomic E-state index is -0.885. The van der Waals surface area contributed by atoms with Gasteiger partial charge in [0.15, 0.2) is 5.76 Å². The van der Waals surface area contributed by atoms with Crippen molar-refractivity contribution < 1.29 is 14.4 Å². The van der Waals surface area contributed by atoms with Crippen molar-refractivity contribution in [2.24, 2.45) is 0 Å². The molecule has 5 nitrogen and oxygen atoms in total. The zero-order chi connectivity index (χ0) is 9.26. The van der Waals surface area contributed by atoms with Crippen molar-refractivity contribution in [3.05, 3.63) is 17.0 Å². The number of carboxylic acids is 1. The third-order valence-electron chi connectivity index (χ3n) is 2.10. The number of hydrogen-bond donors (Lipinski definition) is 2. The third kappa shape index (κ3) is 1.55. The van der Waals surface area contributed by atoms with E-state index in [9.17, 15) is 4.79 Å². The quantitative estimate of drug-likeness (QED) is 0.670. The summed E-state index contributed by atoms with van der Waals surface area (Å²) in [6, 6.07) is 0. The van der Waals surface area contributed by atoms with Crippen LogP contribution in [0.2, 0.25) is 0 Å². The van der Waals surface area contributed by atoms with Crippen LogP contribution in [0.3, 0.4) is 0 Å². The minimum absolute atomic E-state index is 0.0794. The summed E-state index contributed by atoms with van der Waals surface area (Å²) in [5, 5.41) is 15.6. The Labute approximate surface area is 74.7 Å². The molecule has 1 aliphatic heterocycles. The van der Waals surface area contributed by atoms with E-state index in [2.05, 4.69) is 10.5 Å². The Morgan fingerprint density at radius 3 is 3.31 bits per heavy atom. The van der Waals surface area contributed by atoms with Crippen molar-refractivity contribution in [1.29, 1.82) is 0 Å². The van der Waals surface area contributed by atoms with E-state index in [1.54, 1.807) is 0 Å². The molecule has 13 heavy (non-hydrogen) atoms. The molecule has 0 aromatic carbocycles. The van der Waals surface area contributed by atoms with E-state index in [0.717, 1.165) is 24.2 Å². The average Bonchev–Trinajstić information content (AvgIpc) is 2.48. The van der Waals surface area contributed by atoms with Crippen LogP contribution < -0.4 is 5.32 Å². The van der Waals surface area contributed by atoms with Gasteiger partial charge in [-0.15, -0.1) is 0 Å². The van der Waals surface area contributed by atoms with Crippen LogP contribution in [-0.2, 0) is 24.2 Å². The second-order valence-corrected chi connectivity index (χ2v) is 3.03. The summed E-state index contributed by atoms with van der Waals surface area (Å²) < 4.78 is 4.96. The third-order valence-corrected chi connectivity index (χ3v) is 2.10. The van der Waals surface area contributed by atoms with E-state index >= 15 is 0 Å². The highest BCUT2D eigenvalue weighted by molar-refractivity contribution is 5.69. The zero-order valence-electron chi connectivity index (χ0n) is 7.04. The number of rotatable bonds is 2. The lowest BCUT2D eigenvalue weighted by molar-refractivity contribution is -0.136. The van der Waals surface area contributed by atoms with Gasteiger partial charge in [0.25, 0.3) is 0 Å². The molecule has 2 N–H and O–H groups in total. The van der Waals surface area contributed by atoms with Crippen molar-refractivity contribution in [3.8, 4) is 0 Å². The van der Waals surface area contributed by atoms with Crippen molar-refractivity contribution in [2.45, 2.75) is 19.4 Å². The lowest BCUT2D eigenvalue weighted by Gasteiger charge is -2.10. The van der Waals surface area contributed by atoms with Crippen LogP contribution in [0.1, 0.15) is 17.0 Å². The first-order valence-electron chi connectivity index (χ1n) is 4.16. The second-order valence-electron chi connectivity index (χ2n) is 3.03. The first kappa shape index (κ1) is 8.25. The maximum atomic E-state index is 10.4. The maximum absolute atomic E-state index is 10.4. The van der Waals surface area contributed by atoms with Crippen molar-refractivity contribution in [2.75, 3.05) is 6.54 Å². The minimum Gasteiger partial charge on any atom is -0.481 e. The molecule has 0 atom stereocenters. The number of nitrogens with one attached hydrogen (secondary N) is 1. The lowest BCUT2D eigenvalue weighted by Crippen LogP contribution is -2.24. The normalized spacial score (nSPS) is 15.4. The van der Waals surface area contributed by atoms with Gasteiger partial charge in [-0.1, -0.05) is 5.16 Å². The van der Waals surface area contributed by atoms with Crippen molar-refractivity contribution in [3.63, 3.8) is 0 Å². The highest BCUT2D eigenvalue weighted by Crippen LogP contribution is 2.17. The van der Waals surface area contributed by atoms with Crippen LogP contribution in [-0.4, -0.2) is 22.8 Å². The van der Waals surface area contributed by atoms with E-state index in [-0.39, 0.29) is 6.42 Å². The van der Waals surface area contributed by atoms with E-state index in [4.69, 9.17) is 9.63 Å². The number of nitrogens with zero attached hydrogens (tertiary/aromatic N) is 1. The highest BCUT2D eigenvalue weighted by atomic mass is 16.5. The number of carbonyl (C=O) groups is 1. The van der Waals surface area contributed by atoms with Crippen molar-refractivity contribution in [1.82, 2.24) is 10.5 Å². The fraction of sp³-hybridized carbons (Fsp3) is 0.500. The van der Waals surface area contributed by atoms with Gasteiger partial charge in [0.2, 0.25) is 0 Å². The summed E-state index contributed by atoms with van der Waals surface area (Å²) >= 11 is 0. The van der Waals surface area contributed by atoms with Crippen LogP contribution in [0.15, 0.2) is 4.52 Å². The van der Waals surface area contributed by atoms with Gasteiger partial charge in [-0.05, 0) is 0 Å². The first-order chi connectivity index (χ1) is 6.27. The van der Waals surface area contributed by atoms with Gasteiger partial charge in [-0.25, -0.2) is 0 Å². The molecular formula is C8H10N2O3. The van der Waals surface area contributed by atoms with Crippen LogP contribution in [0, 0.1) is 0 Å². The monoisotopic (exact) mass is 182 g/mol. The molecule has 0 spiro atoms. The number of aromatic nitrogens is 1. The molecule has 0 radical (unpaired) electrons. The Morgan fingerprint density at radius 1 is 1.69 bits per heavy atom. The summed E-state index contributed by atoms with van der Waals surface area (Å²) in [6.07, 6.45) is 0.739. The molecule has 5 heteroatoms. The van der Waals surface area contributed by atoms with Gasteiger partial charge in [-0.2, -0.15) is 0 Å². The largest absolute Gasteiger partial charge is 0.481 e. The Bertz CT molecular complexity index is 332. The summed E-state index contributed by atoms with van der Waals surface area (Å²) in [7, 11) is 0. The van der Waals surface area contributed by atoms with Gasteiger partial charge in [-0.3, -0.25) is 4.79 Å². The molecule has 1 aliphatic rings. The Morgan fingerprint density at radius 2 is 2.54 bits per heavy atom. The molecule has 70 valence electrons. The Hall–Kier alpha value is -1.36. The lowest BCUT2D eigenvalue weighted by atomic mass is 10.1. The SMILES string of the molecule is O=C(O)Cc1onc2c1CNCC2. The molecule has 0 unspecified atom stereocenters. The molecule has 1 aromatic heterocycles.